The summed E-state index contributed by atoms with van der Waals surface area (Å²) in [5.41, 5.74) is 0. The van der Waals surface area contributed by atoms with Crippen molar-refractivity contribution in [2.45, 2.75) is 39.2 Å². The fraction of sp³-hybridized carbons (Fsp3) is 0.778. The summed E-state index contributed by atoms with van der Waals surface area (Å²) >= 11 is 0. The van der Waals surface area contributed by atoms with Crippen molar-refractivity contribution in [1.29, 1.82) is 0 Å². The zero-order valence-electron chi connectivity index (χ0n) is 7.50. The van der Waals surface area contributed by atoms with Crippen molar-refractivity contribution in [2.75, 3.05) is 0 Å². The van der Waals surface area contributed by atoms with Crippen LogP contribution >= 0.6 is 0 Å². The van der Waals surface area contributed by atoms with Crippen molar-refractivity contribution in [3.8, 4) is 0 Å². The molecule has 3 heteroatoms. The van der Waals surface area contributed by atoms with Gasteiger partial charge in [0, 0.05) is 18.8 Å². The van der Waals surface area contributed by atoms with Gasteiger partial charge < -0.3 is 4.74 Å². The number of cyclic esters (lactones) is 1. The third-order valence-electron chi connectivity index (χ3n) is 2.23. The molecule has 1 aliphatic heterocycles. The van der Waals surface area contributed by atoms with Crippen LogP contribution in [0, 0.1) is 5.92 Å². The van der Waals surface area contributed by atoms with Crippen LogP contribution in [0.25, 0.3) is 0 Å². The number of ether oxygens (including phenoxy) is 1. The molecule has 12 heavy (non-hydrogen) atoms. The molecule has 0 amide bonds. The number of hydrogen-bond acceptors (Lipinski definition) is 3. The third kappa shape index (κ3) is 2.06. The normalized spacial score (nSPS) is 28.7. The molecule has 0 radical (unpaired) electrons. The average molecular weight is 170 g/mol. The van der Waals surface area contributed by atoms with Crippen molar-refractivity contribution in [3.05, 3.63) is 0 Å². The maximum Gasteiger partial charge on any atom is 0.306 e. The first-order chi connectivity index (χ1) is 5.63. The second kappa shape index (κ2) is 3.70. The van der Waals surface area contributed by atoms with Gasteiger partial charge in [-0.3, -0.25) is 9.59 Å². The van der Waals surface area contributed by atoms with Gasteiger partial charge in [-0.2, -0.15) is 0 Å². The van der Waals surface area contributed by atoms with Gasteiger partial charge >= 0.3 is 5.97 Å². The summed E-state index contributed by atoms with van der Waals surface area (Å²) in [7, 11) is 0. The lowest BCUT2D eigenvalue weighted by Crippen LogP contribution is -2.17. The lowest BCUT2D eigenvalue weighted by Gasteiger charge is -2.11. The standard InChI is InChI=1S/C9H14O3/c1-3-7(10)5-8-6(2)4-9(11)12-8/h6,8H,3-5H2,1-2H3/t6-,8+/m0/s1. The molecule has 3 nitrogen and oxygen atoms in total. The molecule has 0 spiro atoms. The summed E-state index contributed by atoms with van der Waals surface area (Å²) in [6.45, 7) is 3.77. The number of esters is 1. The van der Waals surface area contributed by atoms with Gasteiger partial charge in [-0.25, -0.2) is 0 Å². The van der Waals surface area contributed by atoms with Crippen molar-refractivity contribution in [3.63, 3.8) is 0 Å². The van der Waals surface area contributed by atoms with Gasteiger partial charge in [-0.05, 0) is 0 Å². The fourth-order valence-electron chi connectivity index (χ4n) is 1.34. The van der Waals surface area contributed by atoms with E-state index in [1.165, 1.54) is 0 Å². The third-order valence-corrected chi connectivity index (χ3v) is 2.23. The molecule has 0 aromatic heterocycles. The Morgan fingerprint density at radius 2 is 2.33 bits per heavy atom. The first-order valence-corrected chi connectivity index (χ1v) is 4.34. The first kappa shape index (κ1) is 9.23. The minimum Gasteiger partial charge on any atom is -0.462 e. The van der Waals surface area contributed by atoms with E-state index >= 15 is 0 Å². The second-order valence-electron chi connectivity index (χ2n) is 3.31. The molecule has 0 aliphatic carbocycles. The highest BCUT2D eigenvalue weighted by atomic mass is 16.5. The Hall–Kier alpha value is -0.860. The second-order valence-corrected chi connectivity index (χ2v) is 3.31. The van der Waals surface area contributed by atoms with Crippen molar-refractivity contribution in [2.24, 2.45) is 5.92 Å². The molecule has 2 atom stereocenters. The first-order valence-electron chi connectivity index (χ1n) is 4.34. The van der Waals surface area contributed by atoms with E-state index in [1.54, 1.807) is 0 Å². The van der Waals surface area contributed by atoms with Gasteiger partial charge in [-0.1, -0.05) is 13.8 Å². The summed E-state index contributed by atoms with van der Waals surface area (Å²) in [5, 5.41) is 0. The number of ketones is 1. The molecule has 68 valence electrons. The molecule has 1 rings (SSSR count). The van der Waals surface area contributed by atoms with Gasteiger partial charge in [0.25, 0.3) is 0 Å². The van der Waals surface area contributed by atoms with Crippen molar-refractivity contribution < 1.29 is 14.3 Å². The van der Waals surface area contributed by atoms with Crippen LogP contribution in [0.4, 0.5) is 0 Å². The number of rotatable bonds is 3. The van der Waals surface area contributed by atoms with Crippen LogP contribution in [0.2, 0.25) is 0 Å². The largest absolute Gasteiger partial charge is 0.462 e. The molecule has 0 bridgehead atoms. The molecule has 1 aliphatic rings. The van der Waals surface area contributed by atoms with E-state index in [0.29, 0.717) is 19.3 Å². The van der Waals surface area contributed by atoms with Crippen LogP contribution in [0.15, 0.2) is 0 Å². The Kier molecular flexibility index (Phi) is 2.84. The zero-order chi connectivity index (χ0) is 9.14. The Bertz CT molecular complexity index is 198. The topological polar surface area (TPSA) is 43.4 Å². The maximum absolute atomic E-state index is 11.0. The van der Waals surface area contributed by atoms with Crippen LogP contribution in [0.3, 0.4) is 0 Å². The van der Waals surface area contributed by atoms with Gasteiger partial charge in [0.05, 0.1) is 6.42 Å². The van der Waals surface area contributed by atoms with Gasteiger partial charge in [0.2, 0.25) is 0 Å². The summed E-state index contributed by atoms with van der Waals surface area (Å²) in [5.74, 6) is 0.200. The minimum absolute atomic E-state index is 0.162. The lowest BCUT2D eigenvalue weighted by molar-refractivity contribution is -0.142. The van der Waals surface area contributed by atoms with E-state index in [4.69, 9.17) is 4.74 Å². The molecular weight excluding hydrogens is 156 g/mol. The van der Waals surface area contributed by atoms with E-state index in [9.17, 15) is 9.59 Å². The molecule has 0 N–H and O–H groups in total. The van der Waals surface area contributed by atoms with Crippen LogP contribution in [0.1, 0.15) is 33.1 Å². The quantitative estimate of drug-likeness (QED) is 0.600. The van der Waals surface area contributed by atoms with Crippen LogP contribution in [-0.2, 0) is 14.3 Å². The number of carbonyl (C=O) groups is 2. The van der Waals surface area contributed by atoms with Gasteiger partial charge in [-0.15, -0.1) is 0 Å². The Morgan fingerprint density at radius 1 is 1.67 bits per heavy atom. The molecule has 1 heterocycles. The van der Waals surface area contributed by atoms with Crippen LogP contribution < -0.4 is 0 Å². The molecule has 0 aromatic carbocycles. The number of hydrogen-bond donors (Lipinski definition) is 0. The van der Waals surface area contributed by atoms with Crippen LogP contribution in [0.5, 0.6) is 0 Å². The average Bonchev–Trinajstić information content (AvgIpc) is 2.30. The highest BCUT2D eigenvalue weighted by Gasteiger charge is 2.32. The Balaban J connectivity index is 2.42. The van der Waals surface area contributed by atoms with E-state index in [-0.39, 0.29) is 23.8 Å². The SMILES string of the molecule is CCC(=O)C[C@H]1OC(=O)C[C@@H]1C. The number of Topliss-reactive ketones (excluding diaryl/α,β-unsaturated/α-hetero) is 1. The van der Waals surface area contributed by atoms with Gasteiger partial charge in [0.1, 0.15) is 11.9 Å². The Labute approximate surface area is 72.1 Å². The fourth-order valence-corrected chi connectivity index (χ4v) is 1.34. The summed E-state index contributed by atoms with van der Waals surface area (Å²) in [6, 6.07) is 0. The molecule has 1 fully saturated rings. The van der Waals surface area contributed by atoms with Crippen LogP contribution in [-0.4, -0.2) is 17.9 Å². The summed E-state index contributed by atoms with van der Waals surface area (Å²) < 4.78 is 4.99. The van der Waals surface area contributed by atoms with E-state index in [0.717, 1.165) is 0 Å². The zero-order valence-corrected chi connectivity index (χ0v) is 7.50. The highest BCUT2D eigenvalue weighted by Crippen LogP contribution is 2.24. The Morgan fingerprint density at radius 3 is 2.75 bits per heavy atom. The predicted molar refractivity (Wildman–Crippen MR) is 43.6 cm³/mol. The maximum atomic E-state index is 11.0. The van der Waals surface area contributed by atoms with E-state index in [1.807, 2.05) is 13.8 Å². The monoisotopic (exact) mass is 170 g/mol. The number of carbonyl (C=O) groups excluding carboxylic acids is 2. The van der Waals surface area contributed by atoms with Gasteiger partial charge in [0.15, 0.2) is 0 Å². The van der Waals surface area contributed by atoms with Crippen molar-refractivity contribution >= 4 is 11.8 Å². The van der Waals surface area contributed by atoms with Crippen molar-refractivity contribution in [1.82, 2.24) is 0 Å². The molecule has 0 saturated carbocycles. The predicted octanol–water partition coefficient (Wildman–Crippen LogP) is 1.31. The smallest absolute Gasteiger partial charge is 0.306 e. The lowest BCUT2D eigenvalue weighted by atomic mass is 9.99. The summed E-state index contributed by atoms with van der Waals surface area (Å²) in [6.07, 6.45) is 1.22. The molecule has 1 saturated heterocycles. The molecule has 0 unspecified atom stereocenters. The highest BCUT2D eigenvalue weighted by molar-refractivity contribution is 5.80. The molecule has 0 aromatic rings. The summed E-state index contributed by atoms with van der Waals surface area (Å²) in [4.78, 5) is 21.8. The molecular formula is C9H14O3. The minimum atomic E-state index is -0.170. The van der Waals surface area contributed by atoms with E-state index in [2.05, 4.69) is 0 Å². The van der Waals surface area contributed by atoms with E-state index < -0.39 is 0 Å².